The van der Waals surface area contributed by atoms with Crippen molar-refractivity contribution in [2.45, 2.75) is 58.9 Å². The highest BCUT2D eigenvalue weighted by Gasteiger charge is 2.23. The molecule has 0 heterocycles. The van der Waals surface area contributed by atoms with Crippen molar-refractivity contribution in [2.24, 2.45) is 5.92 Å². The predicted octanol–water partition coefficient (Wildman–Crippen LogP) is 1.34. The minimum atomic E-state index is -3.21. The summed E-state index contributed by atoms with van der Waals surface area (Å²) in [6, 6.07) is 0.284. The lowest BCUT2D eigenvalue weighted by molar-refractivity contribution is 0.468. The molecule has 2 unspecified atom stereocenters. The maximum atomic E-state index is 11.9. The van der Waals surface area contributed by atoms with Gasteiger partial charge in [0, 0.05) is 18.6 Å². The van der Waals surface area contributed by atoms with Crippen molar-refractivity contribution in [3.05, 3.63) is 0 Å². The van der Waals surface area contributed by atoms with Gasteiger partial charge in [0.2, 0.25) is 10.0 Å². The first-order valence-electron chi connectivity index (χ1n) is 5.91. The van der Waals surface area contributed by atoms with Crippen LogP contribution in [0.2, 0.25) is 0 Å². The molecular weight excluding hydrogens is 224 g/mol. The van der Waals surface area contributed by atoms with Gasteiger partial charge in [0.1, 0.15) is 0 Å². The van der Waals surface area contributed by atoms with E-state index in [4.69, 9.17) is 0 Å². The van der Waals surface area contributed by atoms with Crippen molar-refractivity contribution in [1.82, 2.24) is 10.0 Å². The summed E-state index contributed by atoms with van der Waals surface area (Å²) >= 11 is 0. The Bertz CT molecular complexity index is 286. The fourth-order valence-corrected chi connectivity index (χ4v) is 2.36. The molecule has 0 saturated carbocycles. The van der Waals surface area contributed by atoms with Crippen LogP contribution in [0, 0.1) is 5.92 Å². The lowest BCUT2D eigenvalue weighted by Gasteiger charge is -2.21. The maximum absolute atomic E-state index is 11.9. The topological polar surface area (TPSA) is 58.2 Å². The average molecular weight is 250 g/mol. The van der Waals surface area contributed by atoms with Crippen molar-refractivity contribution in [1.29, 1.82) is 0 Å². The molecule has 0 rings (SSSR count). The third-order valence-corrected chi connectivity index (χ3v) is 4.62. The van der Waals surface area contributed by atoms with Crippen molar-refractivity contribution < 1.29 is 8.42 Å². The average Bonchev–Trinajstić information content (AvgIpc) is 2.12. The molecule has 0 saturated heterocycles. The highest BCUT2D eigenvalue weighted by atomic mass is 32.2. The Hall–Kier alpha value is -0.130. The van der Waals surface area contributed by atoms with Gasteiger partial charge in [0.15, 0.2) is 0 Å². The summed E-state index contributed by atoms with van der Waals surface area (Å²) in [6.07, 6.45) is 0. The smallest absolute Gasteiger partial charge is 0.215 e. The summed E-state index contributed by atoms with van der Waals surface area (Å²) in [6.45, 7) is 12.1. The number of hydrogen-bond donors (Lipinski definition) is 2. The molecule has 2 N–H and O–H groups in total. The molecular formula is C11H26N2O2S. The van der Waals surface area contributed by atoms with Crippen molar-refractivity contribution in [3.63, 3.8) is 0 Å². The molecule has 0 aliphatic carbocycles. The second-order valence-corrected chi connectivity index (χ2v) is 7.20. The van der Waals surface area contributed by atoms with Gasteiger partial charge in [0.25, 0.3) is 0 Å². The van der Waals surface area contributed by atoms with Gasteiger partial charge >= 0.3 is 0 Å². The number of hydrogen-bond acceptors (Lipinski definition) is 3. The fraction of sp³-hybridized carbons (Fsp3) is 1.00. The second-order valence-electron chi connectivity index (χ2n) is 5.07. The number of sulfonamides is 1. The molecule has 0 aromatic rings. The zero-order valence-electron chi connectivity index (χ0n) is 11.2. The van der Waals surface area contributed by atoms with Crippen LogP contribution in [0.4, 0.5) is 0 Å². The molecule has 4 nitrogen and oxygen atoms in total. The summed E-state index contributed by atoms with van der Waals surface area (Å²) in [4.78, 5) is 0. The summed E-state index contributed by atoms with van der Waals surface area (Å²) < 4.78 is 26.5. The van der Waals surface area contributed by atoms with E-state index in [0.29, 0.717) is 18.5 Å². The van der Waals surface area contributed by atoms with E-state index in [-0.39, 0.29) is 6.04 Å². The summed E-state index contributed by atoms with van der Waals surface area (Å²) in [5.41, 5.74) is 0. The Morgan fingerprint density at radius 2 is 1.50 bits per heavy atom. The molecule has 0 aromatic carbocycles. The number of rotatable bonds is 7. The molecule has 98 valence electrons. The van der Waals surface area contributed by atoms with Gasteiger partial charge in [-0.2, -0.15) is 0 Å². The van der Waals surface area contributed by atoms with Crippen LogP contribution in [-0.4, -0.2) is 32.3 Å². The maximum Gasteiger partial charge on any atom is 0.215 e. The highest BCUT2D eigenvalue weighted by molar-refractivity contribution is 7.90. The Labute approximate surface area is 100 Å². The Morgan fingerprint density at radius 3 is 1.88 bits per heavy atom. The van der Waals surface area contributed by atoms with Gasteiger partial charge in [-0.05, 0) is 19.8 Å². The monoisotopic (exact) mass is 250 g/mol. The van der Waals surface area contributed by atoms with E-state index in [2.05, 4.69) is 10.0 Å². The van der Waals surface area contributed by atoms with E-state index in [1.807, 2.05) is 34.6 Å². The minimum absolute atomic E-state index is 0.0218. The lowest BCUT2D eigenvalue weighted by Crippen LogP contribution is -2.45. The normalized spacial score (nSPS) is 16.8. The second kappa shape index (κ2) is 6.57. The predicted molar refractivity (Wildman–Crippen MR) is 69.0 cm³/mol. The van der Waals surface area contributed by atoms with Gasteiger partial charge in [0.05, 0.1) is 5.25 Å². The zero-order chi connectivity index (χ0) is 12.9. The van der Waals surface area contributed by atoms with E-state index in [0.717, 1.165) is 0 Å². The third-order valence-electron chi connectivity index (χ3n) is 2.69. The lowest BCUT2D eigenvalue weighted by atomic mass is 10.1. The van der Waals surface area contributed by atoms with Gasteiger partial charge in [-0.25, -0.2) is 13.1 Å². The molecule has 0 aliphatic heterocycles. The Kier molecular flexibility index (Phi) is 6.51. The van der Waals surface area contributed by atoms with Crippen LogP contribution in [-0.2, 0) is 10.0 Å². The van der Waals surface area contributed by atoms with E-state index >= 15 is 0 Å². The molecule has 0 fully saturated rings. The first-order chi connectivity index (χ1) is 7.16. The zero-order valence-corrected chi connectivity index (χ0v) is 12.1. The van der Waals surface area contributed by atoms with Crippen LogP contribution in [0.1, 0.15) is 41.5 Å². The van der Waals surface area contributed by atoms with Gasteiger partial charge in [-0.15, -0.1) is 0 Å². The van der Waals surface area contributed by atoms with Crippen LogP contribution in [0.15, 0.2) is 0 Å². The van der Waals surface area contributed by atoms with Crippen LogP contribution >= 0.6 is 0 Å². The molecule has 0 radical (unpaired) electrons. The van der Waals surface area contributed by atoms with Gasteiger partial charge in [-0.3, -0.25) is 0 Å². The third kappa shape index (κ3) is 5.82. The van der Waals surface area contributed by atoms with Crippen LogP contribution in [0.25, 0.3) is 0 Å². The Balaban J connectivity index is 4.32. The molecule has 0 spiro atoms. The summed E-state index contributed by atoms with van der Waals surface area (Å²) in [7, 11) is -3.21. The standard InChI is InChI=1S/C11H26N2O2S/c1-8(2)11(6)13-16(14,15)10(5)7-12-9(3)4/h8-13H,7H2,1-6H3. The number of nitrogens with one attached hydrogen (secondary N) is 2. The molecule has 2 atom stereocenters. The van der Waals surface area contributed by atoms with Crippen LogP contribution < -0.4 is 10.0 Å². The molecule has 16 heavy (non-hydrogen) atoms. The highest BCUT2D eigenvalue weighted by Crippen LogP contribution is 2.05. The molecule has 0 bridgehead atoms. The van der Waals surface area contributed by atoms with Gasteiger partial charge < -0.3 is 5.32 Å². The van der Waals surface area contributed by atoms with Gasteiger partial charge in [-0.1, -0.05) is 27.7 Å². The SMILES string of the molecule is CC(C)NCC(C)S(=O)(=O)NC(C)C(C)C. The first-order valence-corrected chi connectivity index (χ1v) is 7.46. The largest absolute Gasteiger partial charge is 0.313 e. The fourth-order valence-electron chi connectivity index (χ4n) is 1.02. The molecule has 0 amide bonds. The van der Waals surface area contributed by atoms with Crippen molar-refractivity contribution in [2.75, 3.05) is 6.54 Å². The molecule has 5 heteroatoms. The van der Waals surface area contributed by atoms with E-state index in [9.17, 15) is 8.42 Å². The van der Waals surface area contributed by atoms with Crippen molar-refractivity contribution >= 4 is 10.0 Å². The Morgan fingerprint density at radius 1 is 1.00 bits per heavy atom. The molecule has 0 aliphatic rings. The molecule has 0 aromatic heterocycles. The van der Waals surface area contributed by atoms with E-state index < -0.39 is 15.3 Å². The minimum Gasteiger partial charge on any atom is -0.313 e. The van der Waals surface area contributed by atoms with Crippen LogP contribution in [0.3, 0.4) is 0 Å². The summed E-state index contributed by atoms with van der Waals surface area (Å²) in [5.74, 6) is 0.306. The quantitative estimate of drug-likeness (QED) is 0.717. The van der Waals surface area contributed by atoms with E-state index in [1.54, 1.807) is 6.92 Å². The van der Waals surface area contributed by atoms with E-state index in [1.165, 1.54) is 0 Å². The van der Waals surface area contributed by atoms with Crippen LogP contribution in [0.5, 0.6) is 0 Å². The summed E-state index contributed by atoms with van der Waals surface area (Å²) in [5, 5.41) is 2.73. The van der Waals surface area contributed by atoms with Crippen molar-refractivity contribution in [3.8, 4) is 0 Å². The first kappa shape index (κ1) is 15.9.